The number of carbonyl (C=O) groups excluding carboxylic acids is 1. The van der Waals surface area contributed by atoms with Crippen LogP contribution in [0.4, 0.5) is 0 Å². The van der Waals surface area contributed by atoms with E-state index in [9.17, 15) is 15.0 Å². The Labute approximate surface area is 214 Å². The SMILES string of the molecule is C[C@]12C=CC(=NOCC(=O)NCCc3ccc(O)cc3)C=C1CC[C@@H]1[C@@H]2CC[C@@]2(C)[C@H]1CC[C@]2(C)O. The summed E-state index contributed by atoms with van der Waals surface area (Å²) < 4.78 is 0. The fourth-order valence-electron chi connectivity index (χ4n) is 7.73. The number of phenols is 1. The largest absolute Gasteiger partial charge is 0.508 e. The highest BCUT2D eigenvalue weighted by atomic mass is 16.6. The van der Waals surface area contributed by atoms with Gasteiger partial charge in [-0.1, -0.05) is 42.8 Å². The average Bonchev–Trinajstić information content (AvgIpc) is 3.09. The number of benzene rings is 1. The predicted octanol–water partition coefficient (Wildman–Crippen LogP) is 4.91. The molecule has 0 radical (unpaired) electrons. The monoisotopic (exact) mass is 492 g/mol. The number of nitrogens with zero attached hydrogens (tertiary/aromatic N) is 1. The summed E-state index contributed by atoms with van der Waals surface area (Å²) in [6, 6.07) is 6.98. The molecule has 194 valence electrons. The second-order valence-corrected chi connectivity index (χ2v) is 12.0. The number of hydrogen-bond donors (Lipinski definition) is 3. The van der Waals surface area contributed by atoms with Gasteiger partial charge in [-0.05, 0) is 105 Å². The zero-order valence-corrected chi connectivity index (χ0v) is 21.8. The zero-order chi connectivity index (χ0) is 25.6. The molecule has 1 aromatic rings. The van der Waals surface area contributed by atoms with Gasteiger partial charge in [0.05, 0.1) is 5.60 Å². The molecule has 0 unspecified atom stereocenters. The van der Waals surface area contributed by atoms with Crippen molar-refractivity contribution in [1.29, 1.82) is 0 Å². The van der Waals surface area contributed by atoms with Gasteiger partial charge >= 0.3 is 0 Å². The molecule has 6 nitrogen and oxygen atoms in total. The van der Waals surface area contributed by atoms with E-state index in [-0.39, 0.29) is 29.1 Å². The fraction of sp³-hybridized carbons (Fsp3) is 0.600. The highest BCUT2D eigenvalue weighted by Gasteiger charge is 2.61. The molecule has 3 N–H and O–H groups in total. The Morgan fingerprint density at radius 2 is 1.86 bits per heavy atom. The molecule has 0 saturated heterocycles. The number of phenolic OH excluding ortho intramolecular Hbond substituents is 1. The summed E-state index contributed by atoms with van der Waals surface area (Å²) in [5, 5.41) is 27.5. The minimum atomic E-state index is -0.545. The van der Waals surface area contributed by atoms with Gasteiger partial charge < -0.3 is 20.4 Å². The van der Waals surface area contributed by atoms with Gasteiger partial charge in [0.25, 0.3) is 5.91 Å². The van der Waals surface area contributed by atoms with Crippen LogP contribution in [0, 0.1) is 28.6 Å². The molecule has 4 aliphatic carbocycles. The first kappa shape index (κ1) is 25.1. The van der Waals surface area contributed by atoms with Crippen LogP contribution < -0.4 is 5.32 Å². The zero-order valence-electron chi connectivity index (χ0n) is 21.8. The number of fused-ring (bicyclic) bond motifs is 5. The molecule has 0 heterocycles. The van der Waals surface area contributed by atoms with Crippen molar-refractivity contribution in [2.75, 3.05) is 13.2 Å². The topological polar surface area (TPSA) is 91.2 Å². The third-order valence-electron chi connectivity index (χ3n) is 10.2. The van der Waals surface area contributed by atoms with Gasteiger partial charge in [-0.3, -0.25) is 4.79 Å². The van der Waals surface area contributed by atoms with Crippen LogP contribution in [0.3, 0.4) is 0 Å². The molecule has 36 heavy (non-hydrogen) atoms. The van der Waals surface area contributed by atoms with Crippen LogP contribution in [0.1, 0.15) is 64.9 Å². The standard InChI is InChI=1S/C30H40N2O4/c1-28-14-10-22(32-36-19-27(34)31-17-13-20-4-7-23(33)8-5-20)18-21(28)6-9-24-25(28)11-15-29(2)26(24)12-16-30(29,3)35/h4-5,7-8,10,14,18,24-26,33,35H,6,9,11-13,15-17,19H2,1-3H3,(H,31,34)/t24-,25+,26+,28+,29+,30+/m1/s1. The second kappa shape index (κ2) is 9.37. The smallest absolute Gasteiger partial charge is 0.260 e. The number of hydrogen-bond acceptors (Lipinski definition) is 5. The Kier molecular flexibility index (Phi) is 6.52. The number of oxime groups is 1. The molecule has 3 fully saturated rings. The van der Waals surface area contributed by atoms with Crippen LogP contribution in [0.5, 0.6) is 5.75 Å². The maximum absolute atomic E-state index is 12.1. The van der Waals surface area contributed by atoms with E-state index in [1.165, 1.54) is 12.0 Å². The minimum Gasteiger partial charge on any atom is -0.508 e. The Morgan fingerprint density at radius 3 is 2.64 bits per heavy atom. The fourth-order valence-corrected chi connectivity index (χ4v) is 7.73. The third kappa shape index (κ3) is 4.38. The van der Waals surface area contributed by atoms with Crippen LogP contribution >= 0.6 is 0 Å². The molecular weight excluding hydrogens is 452 g/mol. The van der Waals surface area contributed by atoms with Gasteiger partial charge in [-0.2, -0.15) is 0 Å². The highest BCUT2D eigenvalue weighted by Crippen LogP contribution is 2.66. The lowest BCUT2D eigenvalue weighted by Gasteiger charge is -2.58. The first-order valence-corrected chi connectivity index (χ1v) is 13.5. The van der Waals surface area contributed by atoms with Crippen molar-refractivity contribution in [3.63, 3.8) is 0 Å². The first-order valence-electron chi connectivity index (χ1n) is 13.5. The molecule has 1 aromatic carbocycles. The Balaban J connectivity index is 1.15. The number of aliphatic hydroxyl groups is 1. The van der Waals surface area contributed by atoms with Crippen LogP contribution in [0.2, 0.25) is 0 Å². The van der Waals surface area contributed by atoms with Crippen molar-refractivity contribution in [3.8, 4) is 5.75 Å². The highest BCUT2D eigenvalue weighted by molar-refractivity contribution is 6.05. The van der Waals surface area contributed by atoms with Gasteiger partial charge in [0.2, 0.25) is 0 Å². The summed E-state index contributed by atoms with van der Waals surface area (Å²) >= 11 is 0. The number of carbonyl (C=O) groups is 1. The molecule has 0 bridgehead atoms. The van der Waals surface area contributed by atoms with Crippen LogP contribution in [0.15, 0.2) is 53.2 Å². The van der Waals surface area contributed by atoms with Gasteiger partial charge in [-0.15, -0.1) is 0 Å². The number of allylic oxidation sites excluding steroid dienone is 4. The summed E-state index contributed by atoms with van der Waals surface area (Å²) in [7, 11) is 0. The van der Waals surface area contributed by atoms with Crippen LogP contribution in [-0.2, 0) is 16.1 Å². The summed E-state index contributed by atoms with van der Waals surface area (Å²) in [6.07, 6.45) is 13.7. The van der Waals surface area contributed by atoms with Crippen molar-refractivity contribution >= 4 is 11.6 Å². The molecule has 0 spiro atoms. The van der Waals surface area contributed by atoms with E-state index in [4.69, 9.17) is 4.84 Å². The molecule has 0 aromatic heterocycles. The quantitative estimate of drug-likeness (QED) is 0.492. The Morgan fingerprint density at radius 1 is 1.11 bits per heavy atom. The number of amides is 1. The van der Waals surface area contributed by atoms with Gasteiger partial charge in [-0.25, -0.2) is 0 Å². The van der Waals surface area contributed by atoms with Gasteiger partial charge in [0.1, 0.15) is 11.5 Å². The lowest BCUT2D eigenvalue weighted by molar-refractivity contribution is -0.125. The van der Waals surface area contributed by atoms with E-state index in [1.54, 1.807) is 12.1 Å². The molecule has 6 heteroatoms. The lowest BCUT2D eigenvalue weighted by atomic mass is 9.47. The predicted molar refractivity (Wildman–Crippen MR) is 140 cm³/mol. The molecule has 0 aliphatic heterocycles. The molecule has 6 atom stereocenters. The molecule has 4 aliphatic rings. The molecule has 3 saturated carbocycles. The molecule has 5 rings (SSSR count). The number of rotatable bonds is 6. The van der Waals surface area contributed by atoms with Crippen molar-refractivity contribution < 1.29 is 19.8 Å². The van der Waals surface area contributed by atoms with Crippen molar-refractivity contribution in [2.45, 2.75) is 71.3 Å². The second-order valence-electron chi connectivity index (χ2n) is 12.0. The maximum atomic E-state index is 12.1. The summed E-state index contributed by atoms with van der Waals surface area (Å²) in [5.41, 5.74) is 2.75. The van der Waals surface area contributed by atoms with E-state index in [1.807, 2.05) is 18.2 Å². The van der Waals surface area contributed by atoms with Crippen molar-refractivity contribution in [1.82, 2.24) is 5.32 Å². The van der Waals surface area contributed by atoms with Gasteiger partial charge in [0.15, 0.2) is 6.61 Å². The van der Waals surface area contributed by atoms with E-state index in [0.29, 0.717) is 30.7 Å². The normalized spacial score (nSPS) is 38.1. The van der Waals surface area contributed by atoms with E-state index in [2.05, 4.69) is 43.4 Å². The minimum absolute atomic E-state index is 0.0311. The van der Waals surface area contributed by atoms with Crippen molar-refractivity contribution in [2.24, 2.45) is 33.7 Å². The third-order valence-corrected chi connectivity index (χ3v) is 10.2. The average molecular weight is 493 g/mol. The Bertz CT molecular complexity index is 1090. The number of aromatic hydroxyl groups is 1. The molecular formula is C30H40N2O4. The Hall–Kier alpha value is -2.60. The maximum Gasteiger partial charge on any atom is 0.260 e. The summed E-state index contributed by atoms with van der Waals surface area (Å²) in [5.74, 6) is 1.89. The van der Waals surface area contributed by atoms with E-state index in [0.717, 1.165) is 43.4 Å². The van der Waals surface area contributed by atoms with Crippen LogP contribution in [-0.4, -0.2) is 40.6 Å². The van der Waals surface area contributed by atoms with E-state index >= 15 is 0 Å². The summed E-state index contributed by atoms with van der Waals surface area (Å²) in [4.78, 5) is 17.5. The molecule has 1 amide bonds. The first-order chi connectivity index (χ1) is 17.1. The van der Waals surface area contributed by atoms with E-state index < -0.39 is 5.60 Å². The van der Waals surface area contributed by atoms with Crippen molar-refractivity contribution in [3.05, 3.63) is 53.6 Å². The van der Waals surface area contributed by atoms with Gasteiger partial charge in [0, 0.05) is 12.0 Å². The number of nitrogens with one attached hydrogen (secondary N) is 1. The van der Waals surface area contributed by atoms with Crippen LogP contribution in [0.25, 0.3) is 0 Å². The summed E-state index contributed by atoms with van der Waals surface area (Å²) in [6.45, 7) is 7.16. The lowest BCUT2D eigenvalue weighted by Crippen LogP contribution is -2.53.